The summed E-state index contributed by atoms with van der Waals surface area (Å²) in [6, 6.07) is -1.05. The smallest absolute Gasteiger partial charge is 0.353 e. The van der Waals surface area contributed by atoms with E-state index < -0.39 is 40.7 Å². The van der Waals surface area contributed by atoms with Crippen molar-refractivity contribution < 1.29 is 24.6 Å². The lowest BCUT2D eigenvalue weighted by Gasteiger charge is -2.49. The number of nitrogens with one attached hydrogen (secondary N) is 1. The van der Waals surface area contributed by atoms with Gasteiger partial charge >= 0.3 is 5.97 Å². The normalized spacial score (nSPS) is 22.2. The third kappa shape index (κ3) is 3.42. The molecular weight excluding hydrogens is 478 g/mol. The highest BCUT2D eigenvalue weighted by molar-refractivity contribution is 9.09. The van der Waals surface area contributed by atoms with Crippen LogP contribution < -0.4 is 5.32 Å². The van der Waals surface area contributed by atoms with E-state index >= 15 is 0 Å². The van der Waals surface area contributed by atoms with Crippen molar-refractivity contribution in [2.45, 2.75) is 18.3 Å². The first-order valence-electron chi connectivity index (χ1n) is 7.64. The van der Waals surface area contributed by atoms with Crippen molar-refractivity contribution >= 4 is 62.4 Å². The Morgan fingerprint density at radius 3 is 2.64 bits per heavy atom. The Kier molecular flexibility index (Phi) is 5.81. The van der Waals surface area contributed by atoms with Gasteiger partial charge in [0.15, 0.2) is 0 Å². The zero-order valence-electron chi connectivity index (χ0n) is 14.1. The number of aryl methyl sites for hydroxylation is 1. The summed E-state index contributed by atoms with van der Waals surface area (Å²) in [5, 5.41) is 32.0. The lowest BCUT2D eigenvalue weighted by atomic mass is 10.0. The van der Waals surface area contributed by atoms with Crippen molar-refractivity contribution in [3.63, 3.8) is 0 Å². The number of rotatable bonds is 6. The second kappa shape index (κ2) is 7.97. The number of β-lactam (4-membered cyclic amide) rings is 1. The van der Waals surface area contributed by atoms with E-state index in [1.54, 1.807) is 6.92 Å². The predicted octanol–water partition coefficient (Wildman–Crippen LogP) is 0.973. The lowest BCUT2D eigenvalue weighted by Crippen LogP contribution is -2.70. The van der Waals surface area contributed by atoms with Gasteiger partial charge in [-0.05, 0) is 12.1 Å². The van der Waals surface area contributed by atoms with Gasteiger partial charge in [-0.3, -0.25) is 14.5 Å². The molecule has 11 nitrogen and oxygen atoms in total. The van der Waals surface area contributed by atoms with Crippen molar-refractivity contribution in [3.8, 4) is 0 Å². The molecule has 0 bridgehead atoms. The molecule has 148 valence electrons. The van der Waals surface area contributed by atoms with E-state index in [4.69, 9.17) is 0 Å². The number of hydrogen-bond acceptors (Lipinski definition) is 10. The molecule has 2 aliphatic heterocycles. The molecule has 2 atom stereocenters. The molecule has 14 heteroatoms. The highest BCUT2D eigenvalue weighted by atomic mass is 79.9. The Morgan fingerprint density at radius 1 is 1.39 bits per heavy atom. The summed E-state index contributed by atoms with van der Waals surface area (Å²) in [4.78, 5) is 48.4. The van der Waals surface area contributed by atoms with Crippen molar-refractivity contribution in [1.82, 2.24) is 20.4 Å². The molecule has 0 aliphatic carbocycles. The highest BCUT2D eigenvalue weighted by Crippen LogP contribution is 2.43. The number of carboxylic acids is 1. The third-order valence-corrected chi connectivity index (χ3v) is 6.66. The number of amides is 2. The molecule has 28 heavy (non-hydrogen) atoms. The van der Waals surface area contributed by atoms with E-state index in [1.165, 1.54) is 23.1 Å². The van der Waals surface area contributed by atoms with Gasteiger partial charge in [0.2, 0.25) is 5.70 Å². The molecule has 0 radical (unpaired) electrons. The zero-order valence-corrected chi connectivity index (χ0v) is 17.3. The van der Waals surface area contributed by atoms with E-state index in [0.29, 0.717) is 15.6 Å². The lowest BCUT2D eigenvalue weighted by molar-refractivity contribution is -0.150. The molecule has 1 aromatic rings. The summed E-state index contributed by atoms with van der Waals surface area (Å²) in [6.07, 6.45) is 0. The number of thioether (sulfide) groups is 1. The second-order valence-corrected chi connectivity index (χ2v) is 8.49. The standard InChI is InChI=1S/C14H12BrN5O6S2/c1-4-17-18-11(28-4)5-3-27-13-8(12(23)20(13)9(5)14(24)25)16-10(22)7(19-26)6(21)2-15/h8,13,21H,2-3H2,1H3,(H,16,22)(H,24,25)/b7-6+/t8?,13-/m1/s1. The SMILES string of the molecule is Cc1nnc(C2=C(C(=O)O)N3C(=O)C(NC(=O)/C(N=O)=C(\O)CBr)[C@H]3SC2)s1. The number of halogens is 1. The summed E-state index contributed by atoms with van der Waals surface area (Å²) in [7, 11) is 0. The molecule has 0 spiro atoms. The van der Waals surface area contributed by atoms with Crippen LogP contribution in [0.3, 0.4) is 0 Å². The molecule has 3 rings (SSSR count). The highest BCUT2D eigenvalue weighted by Gasteiger charge is 2.54. The van der Waals surface area contributed by atoms with E-state index in [2.05, 4.69) is 36.6 Å². The van der Waals surface area contributed by atoms with Crippen LogP contribution in [0.2, 0.25) is 0 Å². The minimum Gasteiger partial charge on any atom is -0.509 e. The number of alkyl halides is 1. The first-order valence-corrected chi connectivity index (χ1v) is 10.6. The Hall–Kier alpha value is -2.32. The van der Waals surface area contributed by atoms with Crippen LogP contribution in [0.15, 0.2) is 22.3 Å². The number of aliphatic carboxylic acids is 1. The number of carbonyl (C=O) groups is 3. The number of aromatic nitrogens is 2. The zero-order chi connectivity index (χ0) is 20.6. The van der Waals surface area contributed by atoms with Gasteiger partial charge in [-0.25, -0.2) is 4.79 Å². The van der Waals surface area contributed by atoms with E-state index in [-0.39, 0.29) is 16.8 Å². The van der Waals surface area contributed by atoms with Gasteiger partial charge in [-0.15, -0.1) is 26.9 Å². The van der Waals surface area contributed by atoms with Crippen molar-refractivity contribution in [3.05, 3.63) is 32.1 Å². The van der Waals surface area contributed by atoms with E-state index in [1.807, 2.05) is 0 Å². The number of carboxylic acid groups (broad SMARTS) is 1. The third-order valence-electron chi connectivity index (χ3n) is 3.95. The summed E-state index contributed by atoms with van der Waals surface area (Å²) in [6.45, 7) is 1.73. The maximum atomic E-state index is 12.5. The monoisotopic (exact) mass is 489 g/mol. The van der Waals surface area contributed by atoms with Crippen LogP contribution >= 0.6 is 39.0 Å². The second-order valence-electron chi connectivity index (χ2n) is 5.64. The van der Waals surface area contributed by atoms with Crippen LogP contribution in [-0.2, 0) is 14.4 Å². The first kappa shape index (κ1) is 20.4. The van der Waals surface area contributed by atoms with Crippen LogP contribution in [0.25, 0.3) is 5.57 Å². The molecule has 2 aliphatic rings. The summed E-state index contributed by atoms with van der Waals surface area (Å²) in [5.74, 6) is -3.29. The van der Waals surface area contributed by atoms with Crippen molar-refractivity contribution in [2.75, 3.05) is 11.1 Å². The maximum absolute atomic E-state index is 12.5. The summed E-state index contributed by atoms with van der Waals surface area (Å²) >= 11 is 5.36. The van der Waals surface area contributed by atoms with Crippen molar-refractivity contribution in [2.24, 2.45) is 5.18 Å². The Bertz CT molecular complexity index is 944. The summed E-state index contributed by atoms with van der Waals surface area (Å²) < 4.78 is 0. The number of carbonyl (C=O) groups excluding carboxylic acids is 2. The van der Waals surface area contributed by atoms with Crippen LogP contribution in [0.5, 0.6) is 0 Å². The van der Waals surface area contributed by atoms with Crippen LogP contribution in [0.4, 0.5) is 0 Å². The average molecular weight is 490 g/mol. The Balaban J connectivity index is 1.87. The van der Waals surface area contributed by atoms with Crippen molar-refractivity contribution in [1.29, 1.82) is 0 Å². The van der Waals surface area contributed by atoms with Crippen LogP contribution in [0.1, 0.15) is 10.0 Å². The predicted molar refractivity (Wildman–Crippen MR) is 103 cm³/mol. The summed E-state index contributed by atoms with van der Waals surface area (Å²) in [5.41, 5.74) is -0.574. The van der Waals surface area contributed by atoms with Gasteiger partial charge in [0.25, 0.3) is 11.8 Å². The number of aliphatic hydroxyl groups excluding tert-OH is 1. The Labute approximate surface area is 174 Å². The van der Waals surface area contributed by atoms with Gasteiger partial charge < -0.3 is 15.5 Å². The quantitative estimate of drug-likeness (QED) is 0.173. The van der Waals surface area contributed by atoms with Gasteiger partial charge in [-0.2, -0.15) is 0 Å². The van der Waals surface area contributed by atoms with Gasteiger partial charge in [0, 0.05) is 11.3 Å². The van der Waals surface area contributed by atoms with Crippen LogP contribution in [-0.4, -0.2) is 65.6 Å². The number of aliphatic hydroxyl groups is 1. The fraction of sp³-hybridized carbons (Fsp3) is 0.357. The minimum atomic E-state index is -1.29. The fourth-order valence-electron chi connectivity index (χ4n) is 2.70. The molecule has 1 saturated heterocycles. The minimum absolute atomic E-state index is 0.166. The fourth-order valence-corrected chi connectivity index (χ4v) is 5.14. The topological polar surface area (TPSA) is 162 Å². The number of allylic oxidation sites excluding steroid dienone is 1. The number of nitroso groups, excluding NO2 is 1. The number of hydrogen-bond donors (Lipinski definition) is 3. The Morgan fingerprint density at radius 2 is 2.11 bits per heavy atom. The number of fused-ring (bicyclic) bond motifs is 1. The molecule has 0 aromatic carbocycles. The molecule has 3 N–H and O–H groups in total. The molecule has 0 saturated carbocycles. The molecule has 1 fully saturated rings. The molecule has 1 aromatic heterocycles. The van der Waals surface area contributed by atoms with E-state index in [0.717, 1.165) is 4.90 Å². The van der Waals surface area contributed by atoms with Gasteiger partial charge in [0.05, 0.1) is 5.33 Å². The molecular formula is C14H12BrN5O6S2. The van der Waals surface area contributed by atoms with Crippen LogP contribution in [0, 0.1) is 11.8 Å². The number of nitrogens with zero attached hydrogens (tertiary/aromatic N) is 4. The molecule has 3 heterocycles. The maximum Gasteiger partial charge on any atom is 0.353 e. The van der Waals surface area contributed by atoms with E-state index in [9.17, 15) is 29.5 Å². The molecule has 2 amide bonds. The van der Waals surface area contributed by atoms with Gasteiger partial charge in [0.1, 0.15) is 32.9 Å². The first-order chi connectivity index (χ1) is 13.3. The average Bonchev–Trinajstić information content (AvgIpc) is 3.11. The van der Waals surface area contributed by atoms with Gasteiger partial charge in [-0.1, -0.05) is 27.3 Å². The molecule has 1 unspecified atom stereocenters. The largest absolute Gasteiger partial charge is 0.509 e.